The Morgan fingerprint density at radius 2 is 1.72 bits per heavy atom. The Morgan fingerprint density at radius 1 is 1.12 bits per heavy atom. The summed E-state index contributed by atoms with van der Waals surface area (Å²) in [6.45, 7) is 6.54. The largest absolute Gasteiger partial charge is 0.465 e. The van der Waals surface area contributed by atoms with E-state index < -0.39 is 46.8 Å². The topological polar surface area (TPSA) is 76.2 Å². The van der Waals surface area contributed by atoms with Crippen LogP contribution in [0.25, 0.3) is 0 Å². The van der Waals surface area contributed by atoms with Crippen LogP contribution in [0, 0.1) is 11.6 Å². The molecule has 32 heavy (non-hydrogen) atoms. The molecule has 1 aliphatic heterocycles. The maximum Gasteiger partial charge on any atom is 0.411 e. The lowest BCUT2D eigenvalue weighted by Crippen LogP contribution is -2.67. The number of hydrogen-bond donors (Lipinski definition) is 0. The molecule has 2 amide bonds. The van der Waals surface area contributed by atoms with Crippen molar-refractivity contribution in [2.75, 3.05) is 19.7 Å². The maximum atomic E-state index is 14.0. The number of carbonyl (C=O) groups excluding carboxylic acids is 3. The van der Waals surface area contributed by atoms with Gasteiger partial charge >= 0.3 is 12.1 Å². The summed E-state index contributed by atoms with van der Waals surface area (Å²) in [5, 5.41) is 0. The minimum Gasteiger partial charge on any atom is -0.465 e. The predicted molar refractivity (Wildman–Crippen MR) is 112 cm³/mol. The number of halogens is 2. The molecule has 0 bridgehead atoms. The summed E-state index contributed by atoms with van der Waals surface area (Å²) in [6, 6.07) is 2.02. The van der Waals surface area contributed by atoms with Crippen LogP contribution < -0.4 is 0 Å². The molecule has 176 valence electrons. The SMILES string of the molecule is CCOC(=O)CN1C(=O)C2(CCCC2)N(C(=O)OC(C)(C)C)C[C@@H]1c1cc(F)cc(F)c1. The summed E-state index contributed by atoms with van der Waals surface area (Å²) >= 11 is 0. The van der Waals surface area contributed by atoms with Gasteiger partial charge in [-0.25, -0.2) is 13.6 Å². The van der Waals surface area contributed by atoms with E-state index in [9.17, 15) is 23.2 Å². The van der Waals surface area contributed by atoms with Gasteiger partial charge in [0.25, 0.3) is 0 Å². The first-order valence-electron chi connectivity index (χ1n) is 10.9. The standard InChI is InChI=1S/C23H30F2N2O5/c1-5-31-19(28)14-26-18(15-10-16(24)12-17(25)11-15)13-27(21(30)32-22(2,3)4)23(20(26)29)8-6-7-9-23/h10-12,18H,5-9,13-14H2,1-4H3/t18-/m1/s1. The van der Waals surface area contributed by atoms with Crippen molar-refractivity contribution in [1.29, 1.82) is 0 Å². The molecule has 9 heteroatoms. The number of nitrogens with zero attached hydrogens (tertiary/aromatic N) is 2. The summed E-state index contributed by atoms with van der Waals surface area (Å²) in [5.74, 6) is -2.68. The van der Waals surface area contributed by atoms with Crippen LogP contribution in [0.15, 0.2) is 18.2 Å². The highest BCUT2D eigenvalue weighted by Gasteiger charge is 2.56. The molecule has 0 unspecified atom stereocenters. The molecule has 1 heterocycles. The highest BCUT2D eigenvalue weighted by atomic mass is 19.1. The van der Waals surface area contributed by atoms with Crippen LogP contribution in [0.1, 0.15) is 65.0 Å². The lowest BCUT2D eigenvalue weighted by molar-refractivity contribution is -0.163. The molecule has 0 aromatic heterocycles. The fourth-order valence-electron chi connectivity index (χ4n) is 4.56. The van der Waals surface area contributed by atoms with Crippen LogP contribution in [-0.4, -0.2) is 58.6 Å². The zero-order valence-corrected chi connectivity index (χ0v) is 19.0. The van der Waals surface area contributed by atoms with E-state index in [2.05, 4.69) is 0 Å². The van der Waals surface area contributed by atoms with Crippen LogP contribution in [0.5, 0.6) is 0 Å². The van der Waals surface area contributed by atoms with E-state index in [0.29, 0.717) is 12.8 Å². The fraction of sp³-hybridized carbons (Fsp3) is 0.609. The number of carbonyl (C=O) groups is 3. The van der Waals surface area contributed by atoms with Crippen molar-refractivity contribution in [3.05, 3.63) is 35.4 Å². The van der Waals surface area contributed by atoms with Crippen LogP contribution in [0.4, 0.5) is 13.6 Å². The van der Waals surface area contributed by atoms with E-state index >= 15 is 0 Å². The monoisotopic (exact) mass is 452 g/mol. The van der Waals surface area contributed by atoms with Crippen molar-refractivity contribution >= 4 is 18.0 Å². The van der Waals surface area contributed by atoms with Gasteiger partial charge in [-0.05, 0) is 58.2 Å². The quantitative estimate of drug-likeness (QED) is 0.647. The smallest absolute Gasteiger partial charge is 0.411 e. The highest BCUT2D eigenvalue weighted by molar-refractivity contribution is 5.94. The average molecular weight is 452 g/mol. The minimum atomic E-state index is -1.16. The van der Waals surface area contributed by atoms with E-state index in [-0.39, 0.29) is 25.3 Å². The van der Waals surface area contributed by atoms with E-state index in [4.69, 9.17) is 9.47 Å². The summed E-state index contributed by atoms with van der Waals surface area (Å²) in [5.41, 5.74) is -1.79. The summed E-state index contributed by atoms with van der Waals surface area (Å²) < 4.78 is 38.7. The van der Waals surface area contributed by atoms with Crippen molar-refractivity contribution in [2.45, 2.75) is 70.6 Å². The third kappa shape index (κ3) is 4.86. The second kappa shape index (κ2) is 9.03. The molecule has 2 aliphatic rings. The molecular formula is C23H30F2N2O5. The van der Waals surface area contributed by atoms with Gasteiger partial charge < -0.3 is 14.4 Å². The molecule has 3 rings (SSSR count). The zero-order chi connectivity index (χ0) is 23.7. The van der Waals surface area contributed by atoms with Gasteiger partial charge in [-0.1, -0.05) is 12.8 Å². The Morgan fingerprint density at radius 3 is 2.25 bits per heavy atom. The first-order chi connectivity index (χ1) is 15.0. The van der Waals surface area contributed by atoms with Crippen molar-refractivity contribution in [3.8, 4) is 0 Å². The molecule has 0 radical (unpaired) electrons. The number of rotatable bonds is 4. The molecular weight excluding hydrogens is 422 g/mol. The first kappa shape index (κ1) is 23.9. The number of amides is 2. The van der Waals surface area contributed by atoms with Gasteiger partial charge in [0.05, 0.1) is 12.6 Å². The Hall–Kier alpha value is -2.71. The summed E-state index contributed by atoms with van der Waals surface area (Å²) in [4.78, 5) is 41.9. The van der Waals surface area contributed by atoms with Crippen molar-refractivity contribution in [2.24, 2.45) is 0 Å². The lowest BCUT2D eigenvalue weighted by Gasteiger charge is -2.51. The Balaban J connectivity index is 2.06. The highest BCUT2D eigenvalue weighted by Crippen LogP contribution is 2.44. The molecule has 1 aliphatic carbocycles. The van der Waals surface area contributed by atoms with Gasteiger partial charge in [-0.3, -0.25) is 14.5 Å². The molecule has 1 aromatic rings. The molecule has 7 nitrogen and oxygen atoms in total. The third-order valence-corrected chi connectivity index (χ3v) is 5.83. The summed E-state index contributed by atoms with van der Waals surface area (Å²) in [6.07, 6.45) is 1.66. The van der Waals surface area contributed by atoms with E-state index in [0.717, 1.165) is 31.0 Å². The van der Waals surface area contributed by atoms with Crippen LogP contribution in [0.3, 0.4) is 0 Å². The Bertz CT molecular complexity index is 873. The minimum absolute atomic E-state index is 0.0526. The van der Waals surface area contributed by atoms with Crippen molar-refractivity contribution < 1.29 is 32.6 Å². The molecule has 1 aromatic carbocycles. The van der Waals surface area contributed by atoms with Crippen molar-refractivity contribution in [1.82, 2.24) is 9.80 Å². The second-order valence-corrected chi connectivity index (χ2v) is 9.29. The lowest BCUT2D eigenvalue weighted by atomic mass is 9.87. The van der Waals surface area contributed by atoms with Gasteiger partial charge in [0.15, 0.2) is 0 Å². The van der Waals surface area contributed by atoms with E-state index in [1.165, 1.54) is 9.80 Å². The van der Waals surface area contributed by atoms with Gasteiger partial charge in [0.1, 0.15) is 29.3 Å². The van der Waals surface area contributed by atoms with Crippen LogP contribution in [-0.2, 0) is 19.1 Å². The molecule has 1 atom stereocenters. The summed E-state index contributed by atoms with van der Waals surface area (Å²) in [7, 11) is 0. The Labute approximate surface area is 186 Å². The predicted octanol–water partition coefficient (Wildman–Crippen LogP) is 3.96. The number of hydrogen-bond acceptors (Lipinski definition) is 5. The third-order valence-electron chi connectivity index (χ3n) is 5.83. The van der Waals surface area contributed by atoms with Gasteiger partial charge in [0, 0.05) is 12.6 Å². The normalized spacial score (nSPS) is 20.6. The second-order valence-electron chi connectivity index (χ2n) is 9.29. The van der Waals surface area contributed by atoms with Gasteiger partial charge in [0.2, 0.25) is 5.91 Å². The van der Waals surface area contributed by atoms with E-state index in [1.807, 2.05) is 0 Å². The van der Waals surface area contributed by atoms with E-state index in [1.54, 1.807) is 27.7 Å². The molecule has 1 saturated heterocycles. The number of benzene rings is 1. The maximum absolute atomic E-state index is 14.0. The van der Waals surface area contributed by atoms with Crippen molar-refractivity contribution in [3.63, 3.8) is 0 Å². The average Bonchev–Trinajstić information content (AvgIpc) is 3.14. The number of piperazine rings is 1. The zero-order valence-electron chi connectivity index (χ0n) is 19.0. The van der Waals surface area contributed by atoms with Crippen LogP contribution in [0.2, 0.25) is 0 Å². The number of ether oxygens (including phenoxy) is 2. The number of esters is 1. The Kier molecular flexibility index (Phi) is 6.76. The molecule has 2 fully saturated rings. The van der Waals surface area contributed by atoms with Crippen LogP contribution >= 0.6 is 0 Å². The first-order valence-corrected chi connectivity index (χ1v) is 10.9. The van der Waals surface area contributed by atoms with Gasteiger partial charge in [-0.2, -0.15) is 0 Å². The molecule has 1 spiro atoms. The fourth-order valence-corrected chi connectivity index (χ4v) is 4.56. The molecule has 1 saturated carbocycles. The molecule has 0 N–H and O–H groups in total. The van der Waals surface area contributed by atoms with Gasteiger partial charge in [-0.15, -0.1) is 0 Å².